The van der Waals surface area contributed by atoms with Gasteiger partial charge in [0.1, 0.15) is 5.75 Å². The molecule has 2 fully saturated rings. The lowest BCUT2D eigenvalue weighted by Gasteiger charge is -2.39. The number of ether oxygens (including phenoxy) is 3. The molecule has 0 unspecified atom stereocenters. The summed E-state index contributed by atoms with van der Waals surface area (Å²) in [6.45, 7) is 2.69. The van der Waals surface area contributed by atoms with E-state index in [0.29, 0.717) is 49.1 Å². The molecule has 186 valence electrons. The van der Waals surface area contributed by atoms with E-state index in [2.05, 4.69) is 15.3 Å². The number of likely N-dealkylation sites (tertiary alicyclic amines) is 2. The first kappa shape index (κ1) is 24.3. The molecule has 2 aromatic rings. The van der Waals surface area contributed by atoms with Crippen LogP contribution in [0.4, 0.5) is 10.5 Å². The van der Waals surface area contributed by atoms with E-state index in [1.807, 2.05) is 34.1 Å². The van der Waals surface area contributed by atoms with Gasteiger partial charge in [-0.2, -0.15) is 4.98 Å². The van der Waals surface area contributed by atoms with Gasteiger partial charge in [-0.3, -0.25) is 4.79 Å². The zero-order valence-electron chi connectivity index (χ0n) is 20.3. The standard InChI is InChI=1S/C25H31N5O5/c1-33-20-7-5-4-6-19(20)27-24(32)29-13-10-25(11-14-29)12-15-30(17-25)21(31)9-8-18-16-26-23(35-3)28-22(18)34-2/h4-9,16H,10-15,17H2,1-3H3,(H,27,32)/b9-8+. The van der Waals surface area contributed by atoms with Gasteiger partial charge in [-0.05, 0) is 42.9 Å². The molecule has 2 saturated heterocycles. The number of aromatic nitrogens is 2. The van der Waals surface area contributed by atoms with Crippen molar-refractivity contribution in [2.45, 2.75) is 19.3 Å². The Balaban J connectivity index is 1.31. The summed E-state index contributed by atoms with van der Waals surface area (Å²) >= 11 is 0. The Kier molecular flexibility index (Phi) is 7.38. The van der Waals surface area contributed by atoms with Crippen LogP contribution in [0.15, 0.2) is 36.5 Å². The molecule has 0 bridgehead atoms. The van der Waals surface area contributed by atoms with Gasteiger partial charge in [-0.25, -0.2) is 9.78 Å². The second-order valence-corrected chi connectivity index (χ2v) is 8.78. The van der Waals surface area contributed by atoms with Gasteiger partial charge in [0.25, 0.3) is 0 Å². The summed E-state index contributed by atoms with van der Waals surface area (Å²) in [5.41, 5.74) is 1.31. The minimum absolute atomic E-state index is 0.0473. The average Bonchev–Trinajstić information content (AvgIpc) is 3.31. The molecular formula is C25H31N5O5. The smallest absolute Gasteiger partial charge is 0.321 e. The number of nitrogens with one attached hydrogen (secondary N) is 1. The van der Waals surface area contributed by atoms with Gasteiger partial charge >= 0.3 is 12.0 Å². The van der Waals surface area contributed by atoms with Gasteiger partial charge in [-0.15, -0.1) is 0 Å². The highest BCUT2D eigenvalue weighted by Crippen LogP contribution is 2.40. The highest BCUT2D eigenvalue weighted by molar-refractivity contribution is 5.92. The van der Waals surface area contributed by atoms with E-state index in [9.17, 15) is 9.59 Å². The van der Waals surface area contributed by atoms with Crippen molar-refractivity contribution in [1.82, 2.24) is 19.8 Å². The molecule has 3 amide bonds. The Labute approximate surface area is 204 Å². The Bertz CT molecular complexity index is 1100. The van der Waals surface area contributed by atoms with Crippen molar-refractivity contribution in [3.8, 4) is 17.6 Å². The van der Waals surface area contributed by atoms with Crippen LogP contribution in [-0.2, 0) is 4.79 Å². The third kappa shape index (κ3) is 5.47. The first-order valence-corrected chi connectivity index (χ1v) is 11.6. The lowest BCUT2D eigenvalue weighted by Crippen LogP contribution is -2.46. The van der Waals surface area contributed by atoms with Crippen LogP contribution >= 0.6 is 0 Å². The predicted octanol–water partition coefficient (Wildman–Crippen LogP) is 3.06. The van der Waals surface area contributed by atoms with Crippen LogP contribution in [-0.4, -0.2) is 79.2 Å². The number of carbonyl (C=O) groups excluding carboxylic acids is 2. The highest BCUT2D eigenvalue weighted by atomic mass is 16.5. The molecule has 1 aromatic carbocycles. The molecule has 0 radical (unpaired) electrons. The van der Waals surface area contributed by atoms with Crippen molar-refractivity contribution in [2.75, 3.05) is 52.8 Å². The number of nitrogens with zero attached hydrogens (tertiary/aromatic N) is 4. The lowest BCUT2D eigenvalue weighted by atomic mass is 9.78. The Morgan fingerprint density at radius 1 is 1.00 bits per heavy atom. The number of amides is 3. The molecule has 0 aliphatic carbocycles. The van der Waals surface area contributed by atoms with Crippen molar-refractivity contribution in [3.05, 3.63) is 42.1 Å². The fraction of sp³-hybridized carbons (Fsp3) is 0.440. The maximum Gasteiger partial charge on any atom is 0.321 e. The number of piperidine rings is 1. The van der Waals surface area contributed by atoms with E-state index in [0.717, 1.165) is 19.3 Å². The number of para-hydroxylation sites is 2. The number of anilines is 1. The Morgan fingerprint density at radius 3 is 2.40 bits per heavy atom. The third-order valence-electron chi connectivity index (χ3n) is 6.75. The summed E-state index contributed by atoms with van der Waals surface area (Å²) in [4.78, 5) is 37.5. The molecule has 10 heteroatoms. The van der Waals surface area contributed by atoms with Crippen LogP contribution < -0.4 is 19.5 Å². The summed E-state index contributed by atoms with van der Waals surface area (Å²) < 4.78 is 15.6. The van der Waals surface area contributed by atoms with Gasteiger partial charge in [0, 0.05) is 38.5 Å². The predicted molar refractivity (Wildman–Crippen MR) is 131 cm³/mol. The molecular weight excluding hydrogens is 450 g/mol. The van der Waals surface area contributed by atoms with Crippen LogP contribution in [0.5, 0.6) is 17.6 Å². The molecule has 3 heterocycles. The summed E-state index contributed by atoms with van der Waals surface area (Å²) in [7, 11) is 4.57. The number of carbonyl (C=O) groups is 2. The van der Waals surface area contributed by atoms with E-state index in [4.69, 9.17) is 14.2 Å². The molecule has 0 atom stereocenters. The van der Waals surface area contributed by atoms with Crippen molar-refractivity contribution in [3.63, 3.8) is 0 Å². The lowest BCUT2D eigenvalue weighted by molar-refractivity contribution is -0.125. The summed E-state index contributed by atoms with van der Waals surface area (Å²) in [5.74, 6) is 0.916. The van der Waals surface area contributed by atoms with Gasteiger partial charge in [0.15, 0.2) is 0 Å². The number of methoxy groups -OCH3 is 3. The summed E-state index contributed by atoms with van der Waals surface area (Å²) in [5, 5.41) is 2.95. The molecule has 4 rings (SSSR count). The molecule has 1 aromatic heterocycles. The second-order valence-electron chi connectivity index (χ2n) is 8.78. The molecule has 1 spiro atoms. The van der Waals surface area contributed by atoms with E-state index in [-0.39, 0.29) is 23.4 Å². The monoisotopic (exact) mass is 481 g/mol. The van der Waals surface area contributed by atoms with Crippen molar-refractivity contribution in [2.24, 2.45) is 5.41 Å². The zero-order valence-corrected chi connectivity index (χ0v) is 20.3. The largest absolute Gasteiger partial charge is 0.495 e. The van der Waals surface area contributed by atoms with Gasteiger partial charge < -0.3 is 29.3 Å². The average molecular weight is 482 g/mol. The molecule has 0 saturated carbocycles. The Morgan fingerprint density at radius 2 is 1.71 bits per heavy atom. The minimum atomic E-state index is -0.131. The molecule has 2 aliphatic heterocycles. The van der Waals surface area contributed by atoms with Crippen LogP contribution in [0.25, 0.3) is 6.08 Å². The van der Waals surface area contributed by atoms with Crippen molar-refractivity contribution in [1.29, 1.82) is 0 Å². The second kappa shape index (κ2) is 10.6. The minimum Gasteiger partial charge on any atom is -0.495 e. The van der Waals surface area contributed by atoms with E-state index in [1.54, 1.807) is 19.4 Å². The summed E-state index contributed by atoms with van der Waals surface area (Å²) in [6, 6.07) is 7.44. The normalized spacial score (nSPS) is 17.0. The highest BCUT2D eigenvalue weighted by Gasteiger charge is 2.42. The van der Waals surface area contributed by atoms with Crippen LogP contribution in [0.1, 0.15) is 24.8 Å². The number of urea groups is 1. The fourth-order valence-corrected chi connectivity index (χ4v) is 4.66. The first-order valence-electron chi connectivity index (χ1n) is 11.6. The number of hydrogen-bond donors (Lipinski definition) is 1. The van der Waals surface area contributed by atoms with E-state index < -0.39 is 0 Å². The first-order chi connectivity index (χ1) is 17.0. The van der Waals surface area contributed by atoms with Crippen LogP contribution in [0.2, 0.25) is 0 Å². The van der Waals surface area contributed by atoms with Crippen LogP contribution in [0.3, 0.4) is 0 Å². The number of benzene rings is 1. The van der Waals surface area contributed by atoms with Gasteiger partial charge in [0.05, 0.1) is 32.6 Å². The fourth-order valence-electron chi connectivity index (χ4n) is 4.66. The van der Waals surface area contributed by atoms with Gasteiger partial charge in [-0.1, -0.05) is 12.1 Å². The zero-order chi connectivity index (χ0) is 24.8. The molecule has 10 nitrogen and oxygen atoms in total. The number of rotatable bonds is 6. The maximum absolute atomic E-state index is 12.8. The topological polar surface area (TPSA) is 106 Å². The van der Waals surface area contributed by atoms with Crippen molar-refractivity contribution >= 4 is 23.7 Å². The molecule has 1 N–H and O–H groups in total. The van der Waals surface area contributed by atoms with Gasteiger partial charge in [0.2, 0.25) is 11.8 Å². The SMILES string of the molecule is COc1ncc(/C=C/C(=O)N2CCC3(CCN(C(=O)Nc4ccccc4OC)CC3)C2)c(OC)n1. The van der Waals surface area contributed by atoms with Crippen molar-refractivity contribution < 1.29 is 23.8 Å². The molecule has 2 aliphatic rings. The summed E-state index contributed by atoms with van der Waals surface area (Å²) in [6.07, 6.45) is 7.41. The quantitative estimate of drug-likeness (QED) is 0.632. The number of hydrogen-bond acceptors (Lipinski definition) is 7. The maximum atomic E-state index is 12.8. The molecule has 35 heavy (non-hydrogen) atoms. The van der Waals surface area contributed by atoms with E-state index >= 15 is 0 Å². The Hall–Kier alpha value is -3.82. The van der Waals surface area contributed by atoms with E-state index in [1.165, 1.54) is 20.3 Å². The van der Waals surface area contributed by atoms with Crippen LogP contribution in [0, 0.1) is 5.41 Å². The third-order valence-corrected chi connectivity index (χ3v) is 6.75.